The van der Waals surface area contributed by atoms with Gasteiger partial charge in [0.15, 0.2) is 0 Å². The second-order valence-electron chi connectivity index (χ2n) is 11.6. The van der Waals surface area contributed by atoms with Gasteiger partial charge in [-0.05, 0) is 105 Å². The lowest BCUT2D eigenvalue weighted by molar-refractivity contribution is 0.380. The topological polar surface area (TPSA) is 45.5 Å². The van der Waals surface area contributed by atoms with E-state index in [1.807, 2.05) is 6.07 Å². The van der Waals surface area contributed by atoms with Gasteiger partial charge in [-0.2, -0.15) is 0 Å². The van der Waals surface area contributed by atoms with Crippen molar-refractivity contribution in [3.63, 3.8) is 0 Å². The molecule has 0 saturated heterocycles. The minimum Gasteiger partial charge on any atom is -0.354 e. The van der Waals surface area contributed by atoms with Crippen LogP contribution in [0.3, 0.4) is 0 Å². The van der Waals surface area contributed by atoms with Gasteiger partial charge in [0.05, 0.1) is 39.2 Å². The summed E-state index contributed by atoms with van der Waals surface area (Å²) in [5, 5.41) is 4.15. The molecular formula is C35H37F2N5. The Bertz CT molecular complexity index is 1700. The lowest BCUT2D eigenvalue weighted by Gasteiger charge is -2.29. The van der Waals surface area contributed by atoms with E-state index >= 15 is 0 Å². The predicted molar refractivity (Wildman–Crippen MR) is 166 cm³/mol. The van der Waals surface area contributed by atoms with Crippen LogP contribution in [-0.4, -0.2) is 28.5 Å². The monoisotopic (exact) mass is 565 g/mol. The van der Waals surface area contributed by atoms with Crippen molar-refractivity contribution in [1.82, 2.24) is 14.5 Å². The van der Waals surface area contributed by atoms with Crippen molar-refractivity contribution in [2.75, 3.05) is 19.4 Å². The summed E-state index contributed by atoms with van der Waals surface area (Å²) in [6, 6.07) is 23.6. The molecule has 3 aromatic rings. The first-order chi connectivity index (χ1) is 20.4. The van der Waals surface area contributed by atoms with Crippen LogP contribution in [0.5, 0.6) is 0 Å². The van der Waals surface area contributed by atoms with Gasteiger partial charge in [0, 0.05) is 18.3 Å². The van der Waals surface area contributed by atoms with Gasteiger partial charge in [-0.25, -0.2) is 18.8 Å². The van der Waals surface area contributed by atoms with Crippen LogP contribution in [0.4, 0.5) is 25.8 Å². The normalized spacial score (nSPS) is 15.3. The Labute approximate surface area is 245 Å². The van der Waals surface area contributed by atoms with Gasteiger partial charge in [-0.15, -0.1) is 0 Å². The molecule has 1 aliphatic heterocycles. The van der Waals surface area contributed by atoms with E-state index in [0.717, 1.165) is 53.2 Å². The number of hydrogen-bond donors (Lipinski definition) is 1. The summed E-state index contributed by atoms with van der Waals surface area (Å²) in [6.07, 6.45) is 8.50. The smallest absolute Gasteiger partial charge is 0.123 e. The molecule has 6 rings (SSSR count). The molecule has 0 spiro atoms. The molecule has 0 unspecified atom stereocenters. The lowest BCUT2D eigenvalue weighted by atomic mass is 9.95. The third-order valence-electron chi connectivity index (χ3n) is 8.03. The van der Waals surface area contributed by atoms with E-state index in [1.165, 1.54) is 61.9 Å². The molecule has 1 fully saturated rings. The van der Waals surface area contributed by atoms with E-state index in [2.05, 4.69) is 53.1 Å². The number of aromatic nitrogens is 2. The number of rotatable bonds is 6. The molecule has 216 valence electrons. The average Bonchev–Trinajstić information content (AvgIpc) is 2.94. The first-order valence-electron chi connectivity index (χ1n) is 14.9. The second kappa shape index (κ2) is 12.4. The summed E-state index contributed by atoms with van der Waals surface area (Å²) < 4.78 is 29.9. The largest absolute Gasteiger partial charge is 0.354 e. The minimum atomic E-state index is -0.302. The van der Waals surface area contributed by atoms with Crippen molar-refractivity contribution < 1.29 is 8.78 Å². The Morgan fingerprint density at radius 2 is 1.50 bits per heavy atom. The Balaban J connectivity index is 1.60. The molecule has 3 aliphatic rings. The summed E-state index contributed by atoms with van der Waals surface area (Å²) in [5.74, 6) is -0.597. The molecule has 2 aliphatic carbocycles. The van der Waals surface area contributed by atoms with Crippen LogP contribution >= 0.6 is 0 Å². The number of benzene rings is 4. The van der Waals surface area contributed by atoms with Gasteiger partial charge in [0.1, 0.15) is 11.6 Å². The molecule has 0 radical (unpaired) electrons. The number of anilines is 2. The van der Waals surface area contributed by atoms with Crippen LogP contribution in [0.2, 0.25) is 0 Å². The van der Waals surface area contributed by atoms with Crippen molar-refractivity contribution in [3.05, 3.63) is 101 Å². The summed E-state index contributed by atoms with van der Waals surface area (Å²) in [7, 11) is 4.15. The van der Waals surface area contributed by atoms with Crippen LogP contribution in [0.1, 0.15) is 56.6 Å². The van der Waals surface area contributed by atoms with Crippen LogP contribution in [0.15, 0.2) is 83.9 Å². The predicted octanol–water partition coefficient (Wildman–Crippen LogP) is 8.74. The summed E-state index contributed by atoms with van der Waals surface area (Å²) in [5.41, 5.74) is 7.36. The third-order valence-corrected chi connectivity index (χ3v) is 8.03. The molecule has 5 nitrogen and oxygen atoms in total. The molecule has 1 N–H and O–H groups in total. The lowest BCUT2D eigenvalue weighted by Crippen LogP contribution is -2.19. The molecule has 1 heterocycles. The molecule has 7 heteroatoms. The van der Waals surface area contributed by atoms with Crippen LogP contribution in [0, 0.1) is 11.6 Å². The highest BCUT2D eigenvalue weighted by molar-refractivity contribution is 5.83. The summed E-state index contributed by atoms with van der Waals surface area (Å²) in [6.45, 7) is 0.839. The molecular weight excluding hydrogens is 528 g/mol. The SMILES string of the molecule is CN(C)Cc1ccc2c(c1)nc1cc(Nc3ccc(F)cc3)c(=Nc3ccc(F)cc3)cc-1n2C1CCCCCCC1. The average molecular weight is 566 g/mol. The Hall–Kier alpha value is -4.10. The van der Waals surface area contributed by atoms with E-state index in [-0.39, 0.29) is 11.6 Å². The molecule has 0 bridgehead atoms. The van der Waals surface area contributed by atoms with Crippen LogP contribution in [0.25, 0.3) is 22.4 Å². The van der Waals surface area contributed by atoms with E-state index in [4.69, 9.17) is 9.98 Å². The number of nitrogens with zero attached hydrogens (tertiary/aromatic N) is 4. The number of nitrogens with one attached hydrogen (secondary N) is 1. The minimum absolute atomic E-state index is 0.294. The molecule has 0 amide bonds. The van der Waals surface area contributed by atoms with Crippen molar-refractivity contribution in [2.24, 2.45) is 4.99 Å². The van der Waals surface area contributed by atoms with E-state index in [1.54, 1.807) is 24.3 Å². The first kappa shape index (κ1) is 28.0. The fourth-order valence-electron chi connectivity index (χ4n) is 6.06. The van der Waals surface area contributed by atoms with Crippen molar-refractivity contribution in [1.29, 1.82) is 0 Å². The van der Waals surface area contributed by atoms with Gasteiger partial charge in [0.2, 0.25) is 0 Å². The molecule has 1 saturated carbocycles. The molecule has 3 aromatic carbocycles. The zero-order chi connectivity index (χ0) is 29.1. The number of halogens is 2. The van der Waals surface area contributed by atoms with Crippen molar-refractivity contribution in [3.8, 4) is 11.4 Å². The number of hydrogen-bond acceptors (Lipinski definition) is 4. The van der Waals surface area contributed by atoms with Crippen LogP contribution < -0.4 is 10.7 Å². The second-order valence-corrected chi connectivity index (χ2v) is 11.6. The summed E-state index contributed by atoms with van der Waals surface area (Å²) in [4.78, 5) is 12.3. The van der Waals surface area contributed by atoms with E-state index in [9.17, 15) is 8.78 Å². The van der Waals surface area contributed by atoms with Crippen molar-refractivity contribution >= 4 is 28.1 Å². The maximum atomic E-state index is 13.7. The zero-order valence-electron chi connectivity index (χ0n) is 24.3. The van der Waals surface area contributed by atoms with Gasteiger partial charge in [-0.1, -0.05) is 38.2 Å². The van der Waals surface area contributed by atoms with Gasteiger partial charge >= 0.3 is 0 Å². The first-order valence-corrected chi connectivity index (χ1v) is 14.9. The molecule has 0 aromatic heterocycles. The maximum absolute atomic E-state index is 13.7. The van der Waals surface area contributed by atoms with Crippen molar-refractivity contribution in [2.45, 2.75) is 57.5 Å². The van der Waals surface area contributed by atoms with E-state index < -0.39 is 0 Å². The highest BCUT2D eigenvalue weighted by Gasteiger charge is 2.22. The van der Waals surface area contributed by atoms with Crippen LogP contribution in [-0.2, 0) is 6.54 Å². The molecule has 0 atom stereocenters. The Kier molecular flexibility index (Phi) is 8.29. The highest BCUT2D eigenvalue weighted by Crippen LogP contribution is 2.36. The third kappa shape index (κ3) is 6.36. The highest BCUT2D eigenvalue weighted by atomic mass is 19.1. The quantitative estimate of drug-likeness (QED) is 0.209. The zero-order valence-corrected chi connectivity index (χ0v) is 24.3. The van der Waals surface area contributed by atoms with Gasteiger partial charge in [-0.3, -0.25) is 0 Å². The fraction of sp³-hybridized carbons (Fsp3) is 0.314. The van der Waals surface area contributed by atoms with Gasteiger partial charge < -0.3 is 14.8 Å². The fourth-order valence-corrected chi connectivity index (χ4v) is 6.06. The summed E-state index contributed by atoms with van der Waals surface area (Å²) >= 11 is 0. The van der Waals surface area contributed by atoms with Gasteiger partial charge in [0.25, 0.3) is 0 Å². The number of fused-ring (bicyclic) bond motifs is 2. The maximum Gasteiger partial charge on any atom is 0.123 e. The standard InChI is InChI=1S/C35H37F2N5/c1-41(2)23-24-10-19-34-32(20-24)40-33-21-30(38-27-15-11-25(36)12-16-27)31(39-28-17-13-26(37)14-18-28)22-35(33)42(34)29-8-6-4-3-5-7-9-29/h10-22,29,38H,3-9,23H2,1-2H3. The van der Waals surface area contributed by atoms with E-state index in [0.29, 0.717) is 17.1 Å². The molecule has 42 heavy (non-hydrogen) atoms. The Morgan fingerprint density at radius 1 is 0.833 bits per heavy atom. The Morgan fingerprint density at radius 3 is 2.19 bits per heavy atom.